The molecule has 1 aromatic carbocycles. The maximum Gasteiger partial charge on any atom is 0.324 e. The Kier molecular flexibility index (Phi) is 15.4. The van der Waals surface area contributed by atoms with Crippen molar-refractivity contribution >= 4 is 18.0 Å². The lowest BCUT2D eigenvalue weighted by molar-refractivity contribution is 0.200. The molecule has 0 saturated heterocycles. The van der Waals surface area contributed by atoms with Gasteiger partial charge in [-0.2, -0.15) is 0 Å². The van der Waals surface area contributed by atoms with Gasteiger partial charge in [-0.3, -0.25) is 5.32 Å². The number of guanidine groups is 2. The summed E-state index contributed by atoms with van der Waals surface area (Å²) in [5, 5.41) is 5.93. The Morgan fingerprint density at radius 2 is 1.89 bits per heavy atom. The minimum atomic E-state index is -0.166. The van der Waals surface area contributed by atoms with Gasteiger partial charge >= 0.3 is 6.03 Å². The molecule has 0 bridgehead atoms. The Morgan fingerprint density at radius 1 is 1.14 bits per heavy atom. The fourth-order valence-electron chi connectivity index (χ4n) is 4.09. The lowest BCUT2D eigenvalue weighted by Crippen LogP contribution is -2.46. The maximum absolute atomic E-state index is 12.9. The molecule has 0 unspecified atom stereocenters. The second-order valence-electron chi connectivity index (χ2n) is 9.33. The van der Waals surface area contributed by atoms with Crippen molar-refractivity contribution in [2.45, 2.75) is 77.7 Å². The number of aliphatic imine (C=N–C) groups is 2. The zero-order valence-corrected chi connectivity index (χ0v) is 22.6. The zero-order valence-electron chi connectivity index (χ0n) is 22.6. The summed E-state index contributed by atoms with van der Waals surface area (Å²) >= 11 is 0. The molecule has 1 heterocycles. The number of allylic oxidation sites excluding steroid dienone is 1. The average Bonchev–Trinajstić information content (AvgIpc) is 2.89. The van der Waals surface area contributed by atoms with Crippen molar-refractivity contribution in [2.24, 2.45) is 21.5 Å². The number of para-hydroxylation sites is 1. The van der Waals surface area contributed by atoms with Crippen LogP contribution in [-0.4, -0.2) is 55.6 Å². The molecular formula is C28H47N7O2. The Balaban J connectivity index is 1.71. The van der Waals surface area contributed by atoms with Gasteiger partial charge in [0.05, 0.1) is 19.7 Å². The quantitative estimate of drug-likeness (QED) is 0.152. The third-order valence-corrected chi connectivity index (χ3v) is 6.26. The van der Waals surface area contributed by atoms with E-state index >= 15 is 0 Å². The van der Waals surface area contributed by atoms with Crippen molar-refractivity contribution in [3.63, 3.8) is 0 Å². The highest BCUT2D eigenvalue weighted by atomic mass is 16.5. The molecule has 9 heteroatoms. The molecule has 0 fully saturated rings. The monoisotopic (exact) mass is 513 g/mol. The number of benzene rings is 1. The first-order valence-electron chi connectivity index (χ1n) is 13.8. The summed E-state index contributed by atoms with van der Waals surface area (Å²) in [7, 11) is 0. The van der Waals surface area contributed by atoms with Crippen LogP contribution in [0.3, 0.4) is 0 Å². The number of unbranched alkanes of at least 4 members (excludes halogenated alkanes) is 5. The normalized spacial score (nSPS) is 16.2. The number of nitrogens with one attached hydrogen (secondary N) is 2. The van der Waals surface area contributed by atoms with E-state index in [0.29, 0.717) is 25.7 Å². The molecule has 0 spiro atoms. The van der Waals surface area contributed by atoms with E-state index in [1.54, 1.807) is 0 Å². The Morgan fingerprint density at radius 3 is 2.73 bits per heavy atom. The van der Waals surface area contributed by atoms with E-state index in [4.69, 9.17) is 16.2 Å². The van der Waals surface area contributed by atoms with Gasteiger partial charge in [0.2, 0.25) is 0 Å². The number of hydrogen-bond acceptors (Lipinski definition) is 5. The highest BCUT2D eigenvalue weighted by molar-refractivity contribution is 5.95. The van der Waals surface area contributed by atoms with E-state index in [9.17, 15) is 4.79 Å². The van der Waals surface area contributed by atoms with Gasteiger partial charge in [0.25, 0.3) is 0 Å². The summed E-state index contributed by atoms with van der Waals surface area (Å²) < 4.78 is 5.95. The Bertz CT molecular complexity index is 870. The number of nitrogens with zero attached hydrogens (tertiary/aromatic N) is 3. The van der Waals surface area contributed by atoms with Crippen LogP contribution in [0.25, 0.3) is 0 Å². The summed E-state index contributed by atoms with van der Waals surface area (Å²) in [6.07, 6.45) is 14.7. The second kappa shape index (κ2) is 19.0. The Hall–Kier alpha value is -3.23. The van der Waals surface area contributed by atoms with E-state index in [0.717, 1.165) is 88.7 Å². The molecule has 1 aromatic rings. The van der Waals surface area contributed by atoms with Crippen LogP contribution in [0, 0.1) is 0 Å². The number of carbonyl (C=O) groups excluding carboxylic acids is 1. The second-order valence-corrected chi connectivity index (χ2v) is 9.33. The topological polar surface area (TPSA) is 130 Å². The number of ether oxygens (including phenoxy) is 1. The lowest BCUT2D eigenvalue weighted by atomic mass is 10.1. The van der Waals surface area contributed by atoms with E-state index < -0.39 is 0 Å². The summed E-state index contributed by atoms with van der Waals surface area (Å²) in [5.74, 6) is 1.48. The zero-order chi connectivity index (χ0) is 26.6. The molecule has 2 rings (SSSR count). The van der Waals surface area contributed by atoms with Gasteiger partial charge in [-0.05, 0) is 38.7 Å². The fourth-order valence-corrected chi connectivity index (χ4v) is 4.09. The van der Waals surface area contributed by atoms with Crippen LogP contribution in [0.5, 0.6) is 5.75 Å². The molecule has 2 amide bonds. The van der Waals surface area contributed by atoms with Gasteiger partial charge in [-0.15, -0.1) is 0 Å². The molecule has 0 atom stereocenters. The van der Waals surface area contributed by atoms with Crippen molar-refractivity contribution in [3.05, 3.63) is 42.0 Å². The number of nitrogens with two attached hydrogens (primary N) is 2. The first-order valence-corrected chi connectivity index (χ1v) is 13.8. The van der Waals surface area contributed by atoms with Crippen molar-refractivity contribution in [1.29, 1.82) is 0 Å². The van der Waals surface area contributed by atoms with Crippen LogP contribution in [0.4, 0.5) is 4.79 Å². The third-order valence-electron chi connectivity index (χ3n) is 6.26. The van der Waals surface area contributed by atoms with E-state index in [1.165, 1.54) is 6.42 Å². The van der Waals surface area contributed by atoms with Gasteiger partial charge < -0.3 is 26.4 Å². The number of carbonyl (C=O) groups is 1. The summed E-state index contributed by atoms with van der Waals surface area (Å²) in [4.78, 5) is 23.4. The summed E-state index contributed by atoms with van der Waals surface area (Å²) in [5.41, 5.74) is 12.8. The first kappa shape index (κ1) is 30.0. The van der Waals surface area contributed by atoms with Crippen LogP contribution in [-0.2, 0) is 6.54 Å². The summed E-state index contributed by atoms with van der Waals surface area (Å²) in [6, 6.07) is 7.68. The highest BCUT2D eigenvalue weighted by Crippen LogP contribution is 2.19. The molecule has 0 aliphatic carbocycles. The van der Waals surface area contributed by atoms with Crippen LogP contribution in [0.2, 0.25) is 0 Å². The molecule has 0 aromatic heterocycles. The third kappa shape index (κ3) is 13.6. The molecular weight excluding hydrogens is 466 g/mol. The smallest absolute Gasteiger partial charge is 0.324 e. The molecule has 1 aliphatic rings. The highest BCUT2D eigenvalue weighted by Gasteiger charge is 2.14. The van der Waals surface area contributed by atoms with Crippen molar-refractivity contribution in [1.82, 2.24) is 15.5 Å². The average molecular weight is 514 g/mol. The number of fused-ring (bicyclic) bond motifs is 1. The standard InChI is InChI=1S/C28H47N7O2/c1-2-3-18-31-26(29)32-19-12-6-4-5-7-13-20-35-21-14-8-9-15-22-37-25-17-11-10-16-24(25)23-33-27(30)34-28(35)36/h2-3,10-11,16-17H,4-9,12-15,18-23H2,1H3,(H3,29,31,32)(H3,30,33,34,36). The van der Waals surface area contributed by atoms with Gasteiger partial charge in [0.1, 0.15) is 5.75 Å². The van der Waals surface area contributed by atoms with Gasteiger partial charge in [-0.25, -0.2) is 14.8 Å². The van der Waals surface area contributed by atoms with Crippen LogP contribution in [0.1, 0.15) is 76.7 Å². The van der Waals surface area contributed by atoms with E-state index in [-0.39, 0.29) is 12.0 Å². The fraction of sp³-hybridized carbons (Fsp3) is 0.607. The molecule has 9 nitrogen and oxygen atoms in total. The van der Waals surface area contributed by atoms with E-state index in [2.05, 4.69) is 20.6 Å². The predicted octanol–water partition coefficient (Wildman–Crippen LogP) is 4.29. The number of hydrogen-bond donors (Lipinski definition) is 4. The largest absolute Gasteiger partial charge is 0.493 e. The molecule has 0 radical (unpaired) electrons. The minimum Gasteiger partial charge on any atom is -0.493 e. The van der Waals surface area contributed by atoms with E-state index in [1.807, 2.05) is 48.2 Å². The maximum atomic E-state index is 12.9. The molecule has 6 N–H and O–H groups in total. The van der Waals surface area contributed by atoms with Gasteiger partial charge in [0.15, 0.2) is 11.9 Å². The summed E-state index contributed by atoms with van der Waals surface area (Å²) in [6.45, 7) is 5.94. The van der Waals surface area contributed by atoms with Gasteiger partial charge in [0, 0.05) is 25.2 Å². The van der Waals surface area contributed by atoms with Crippen LogP contribution < -0.4 is 26.8 Å². The number of rotatable bonds is 11. The lowest BCUT2D eigenvalue weighted by Gasteiger charge is -2.23. The first-order chi connectivity index (χ1) is 18.1. The molecule has 1 aliphatic heterocycles. The van der Waals surface area contributed by atoms with Crippen molar-refractivity contribution < 1.29 is 9.53 Å². The minimum absolute atomic E-state index is 0.140. The molecule has 37 heavy (non-hydrogen) atoms. The van der Waals surface area contributed by atoms with Crippen LogP contribution in [0.15, 0.2) is 46.4 Å². The molecule has 0 saturated carbocycles. The molecule has 206 valence electrons. The van der Waals surface area contributed by atoms with Gasteiger partial charge in [-0.1, -0.05) is 68.9 Å². The SMILES string of the molecule is CC=CCN=C(N)NCCCCCCCCN1CCCCCCOc2ccccc2CN=C(N)NC1=O. The van der Waals surface area contributed by atoms with Crippen LogP contribution >= 0.6 is 0 Å². The van der Waals surface area contributed by atoms with Crippen molar-refractivity contribution in [3.8, 4) is 5.75 Å². The number of amides is 2. The Labute approximate surface area is 222 Å². The number of urea groups is 1. The predicted molar refractivity (Wildman–Crippen MR) is 153 cm³/mol. The van der Waals surface area contributed by atoms with Crippen molar-refractivity contribution in [2.75, 3.05) is 32.8 Å².